The lowest BCUT2D eigenvalue weighted by atomic mass is 10.1. The average molecular weight is 390 g/mol. The second kappa shape index (κ2) is 8.69. The number of thioether (sulfide) groups is 1. The fraction of sp³-hybridized carbons (Fsp3) is 0.500. The van der Waals surface area contributed by atoms with Crippen LogP contribution in [0.15, 0.2) is 29.1 Å². The van der Waals surface area contributed by atoms with Gasteiger partial charge in [0, 0.05) is 6.04 Å². The zero-order valence-electron chi connectivity index (χ0n) is 16.1. The third-order valence-corrected chi connectivity index (χ3v) is 6.11. The molecular formula is C20H27N3O3S. The number of benzene rings is 1. The molecule has 6 nitrogen and oxygen atoms in total. The Morgan fingerprint density at radius 3 is 2.67 bits per heavy atom. The SMILES string of the molecule is CCCCOc1ccc([C@@H]2SCC(=O)Nc3c2c(=O)[nH]n3[C@H](C)CC)cc1. The molecule has 0 unspecified atom stereocenters. The number of carbonyl (C=O) groups excluding carboxylic acids is 1. The van der Waals surface area contributed by atoms with Crippen molar-refractivity contribution in [1.29, 1.82) is 0 Å². The van der Waals surface area contributed by atoms with Crippen molar-refractivity contribution in [3.05, 3.63) is 45.7 Å². The fourth-order valence-electron chi connectivity index (χ4n) is 3.09. The van der Waals surface area contributed by atoms with Gasteiger partial charge in [-0.2, -0.15) is 0 Å². The molecule has 1 aliphatic heterocycles. The number of ether oxygens (including phenoxy) is 1. The quantitative estimate of drug-likeness (QED) is 0.699. The van der Waals surface area contributed by atoms with Crippen LogP contribution in [0.2, 0.25) is 0 Å². The summed E-state index contributed by atoms with van der Waals surface area (Å²) >= 11 is 1.48. The molecule has 1 amide bonds. The molecule has 0 fully saturated rings. The first kappa shape index (κ1) is 19.6. The standard InChI is InChI=1S/C20H27N3O3S/c1-4-6-11-26-15-9-7-14(8-10-15)18-17-19(21-16(24)12-27-18)23(13(3)5-2)22-20(17)25/h7-10,13,18H,4-6,11-12H2,1-3H3,(H,21,24)(H,22,25)/t13-,18+/m1/s1. The normalized spacial score (nSPS) is 17.7. The van der Waals surface area contributed by atoms with E-state index in [-0.39, 0.29) is 22.8 Å². The highest BCUT2D eigenvalue weighted by atomic mass is 32.2. The van der Waals surface area contributed by atoms with Crippen molar-refractivity contribution < 1.29 is 9.53 Å². The van der Waals surface area contributed by atoms with E-state index in [4.69, 9.17) is 4.74 Å². The van der Waals surface area contributed by atoms with E-state index >= 15 is 0 Å². The van der Waals surface area contributed by atoms with Crippen molar-refractivity contribution >= 4 is 23.5 Å². The molecule has 3 rings (SSSR count). The number of hydrogen-bond donors (Lipinski definition) is 2. The van der Waals surface area contributed by atoms with E-state index in [1.54, 1.807) is 4.68 Å². The maximum Gasteiger partial charge on any atom is 0.270 e. The summed E-state index contributed by atoms with van der Waals surface area (Å²) < 4.78 is 7.52. The molecule has 0 radical (unpaired) electrons. The first-order chi connectivity index (χ1) is 13.0. The Balaban J connectivity index is 1.94. The van der Waals surface area contributed by atoms with Crippen LogP contribution in [-0.4, -0.2) is 28.0 Å². The van der Waals surface area contributed by atoms with Gasteiger partial charge < -0.3 is 10.1 Å². The summed E-state index contributed by atoms with van der Waals surface area (Å²) in [6, 6.07) is 7.94. The lowest BCUT2D eigenvalue weighted by Crippen LogP contribution is -2.18. The minimum Gasteiger partial charge on any atom is -0.494 e. The first-order valence-electron chi connectivity index (χ1n) is 9.53. The minimum atomic E-state index is -0.197. The number of hydrogen-bond acceptors (Lipinski definition) is 4. The van der Waals surface area contributed by atoms with Gasteiger partial charge in [0.25, 0.3) is 5.56 Å². The zero-order chi connectivity index (χ0) is 19.4. The Morgan fingerprint density at radius 2 is 2.00 bits per heavy atom. The highest BCUT2D eigenvalue weighted by Gasteiger charge is 2.31. The van der Waals surface area contributed by atoms with Crippen molar-refractivity contribution in [2.45, 2.75) is 51.3 Å². The predicted octanol–water partition coefficient (Wildman–Crippen LogP) is 4.10. The molecule has 27 heavy (non-hydrogen) atoms. The average Bonchev–Trinajstić information content (AvgIpc) is 2.88. The third-order valence-electron chi connectivity index (χ3n) is 4.84. The van der Waals surface area contributed by atoms with Crippen LogP contribution in [-0.2, 0) is 4.79 Å². The molecule has 0 saturated carbocycles. The minimum absolute atomic E-state index is 0.0840. The van der Waals surface area contributed by atoms with Crippen LogP contribution in [0.4, 0.5) is 5.82 Å². The Labute approximate surface area is 163 Å². The van der Waals surface area contributed by atoms with Crippen LogP contribution in [0.1, 0.15) is 62.5 Å². The zero-order valence-corrected chi connectivity index (χ0v) is 16.9. The third kappa shape index (κ3) is 4.24. The molecular weight excluding hydrogens is 362 g/mol. The van der Waals surface area contributed by atoms with E-state index in [0.717, 1.165) is 30.6 Å². The molecule has 0 aliphatic carbocycles. The summed E-state index contributed by atoms with van der Waals surface area (Å²) in [7, 11) is 0. The summed E-state index contributed by atoms with van der Waals surface area (Å²) in [4.78, 5) is 24.9. The number of nitrogens with one attached hydrogen (secondary N) is 2. The van der Waals surface area contributed by atoms with Gasteiger partial charge in [-0.05, 0) is 37.5 Å². The highest BCUT2D eigenvalue weighted by Crippen LogP contribution is 2.40. The summed E-state index contributed by atoms with van der Waals surface area (Å²) in [5.41, 5.74) is 1.46. The summed E-state index contributed by atoms with van der Waals surface area (Å²) in [5, 5.41) is 5.63. The van der Waals surface area contributed by atoms with Crippen LogP contribution < -0.4 is 15.6 Å². The van der Waals surface area contributed by atoms with Gasteiger partial charge in [0.05, 0.1) is 23.2 Å². The number of aromatic nitrogens is 2. The molecule has 2 heterocycles. The number of carbonyl (C=O) groups is 1. The van der Waals surface area contributed by atoms with Crippen LogP contribution in [0.5, 0.6) is 5.75 Å². The molecule has 1 aromatic carbocycles. The monoisotopic (exact) mass is 389 g/mol. The number of aromatic amines is 1. The lowest BCUT2D eigenvalue weighted by molar-refractivity contribution is -0.113. The Bertz CT molecular complexity index is 841. The van der Waals surface area contributed by atoms with E-state index in [0.29, 0.717) is 23.7 Å². The summed E-state index contributed by atoms with van der Waals surface area (Å²) in [6.07, 6.45) is 2.97. The van der Waals surface area contributed by atoms with Crippen LogP contribution in [0.3, 0.4) is 0 Å². The molecule has 1 aromatic heterocycles. The van der Waals surface area contributed by atoms with Gasteiger partial charge in [-0.1, -0.05) is 32.4 Å². The number of anilines is 1. The van der Waals surface area contributed by atoms with Crippen molar-refractivity contribution in [3.63, 3.8) is 0 Å². The van der Waals surface area contributed by atoms with Crippen molar-refractivity contribution in [2.75, 3.05) is 17.7 Å². The smallest absolute Gasteiger partial charge is 0.270 e. The highest BCUT2D eigenvalue weighted by molar-refractivity contribution is 8.00. The van der Waals surface area contributed by atoms with Crippen LogP contribution >= 0.6 is 11.8 Å². The van der Waals surface area contributed by atoms with Gasteiger partial charge in [-0.15, -0.1) is 11.8 Å². The van der Waals surface area contributed by atoms with Gasteiger partial charge in [-0.25, -0.2) is 0 Å². The Hall–Kier alpha value is -2.15. The largest absolute Gasteiger partial charge is 0.494 e. The molecule has 2 N–H and O–H groups in total. The van der Waals surface area contributed by atoms with Crippen molar-refractivity contribution in [2.24, 2.45) is 0 Å². The van der Waals surface area contributed by atoms with Gasteiger partial charge >= 0.3 is 0 Å². The Kier molecular flexibility index (Phi) is 6.31. The van der Waals surface area contributed by atoms with E-state index < -0.39 is 0 Å². The van der Waals surface area contributed by atoms with Crippen molar-refractivity contribution in [3.8, 4) is 5.75 Å². The van der Waals surface area contributed by atoms with Gasteiger partial charge in [0.2, 0.25) is 5.91 Å². The maximum absolute atomic E-state index is 12.7. The topological polar surface area (TPSA) is 76.1 Å². The van der Waals surface area contributed by atoms with E-state index in [1.165, 1.54) is 11.8 Å². The van der Waals surface area contributed by atoms with E-state index in [1.807, 2.05) is 31.2 Å². The lowest BCUT2D eigenvalue weighted by Gasteiger charge is -2.16. The number of nitrogens with zero attached hydrogens (tertiary/aromatic N) is 1. The number of unbranched alkanes of at least 4 members (excludes halogenated alkanes) is 1. The fourth-order valence-corrected chi connectivity index (χ4v) is 4.22. The van der Waals surface area contributed by atoms with Crippen molar-refractivity contribution in [1.82, 2.24) is 9.78 Å². The molecule has 0 saturated heterocycles. The molecule has 1 aliphatic rings. The number of H-pyrrole nitrogens is 1. The van der Waals surface area contributed by atoms with Gasteiger partial charge in [0.15, 0.2) is 0 Å². The molecule has 0 bridgehead atoms. The predicted molar refractivity (Wildman–Crippen MR) is 110 cm³/mol. The molecule has 146 valence electrons. The van der Waals surface area contributed by atoms with Gasteiger partial charge in [0.1, 0.15) is 11.6 Å². The van der Waals surface area contributed by atoms with Crippen LogP contribution in [0.25, 0.3) is 0 Å². The molecule has 2 aromatic rings. The van der Waals surface area contributed by atoms with E-state index in [2.05, 4.69) is 24.3 Å². The number of fused-ring (bicyclic) bond motifs is 1. The summed E-state index contributed by atoms with van der Waals surface area (Å²) in [6.45, 7) is 6.91. The molecule has 2 atom stereocenters. The van der Waals surface area contributed by atoms with Crippen LogP contribution in [0, 0.1) is 0 Å². The molecule has 7 heteroatoms. The second-order valence-corrected chi connectivity index (χ2v) is 7.93. The maximum atomic E-state index is 12.7. The number of amides is 1. The second-order valence-electron chi connectivity index (χ2n) is 6.84. The molecule has 0 spiro atoms. The van der Waals surface area contributed by atoms with Gasteiger partial charge in [-0.3, -0.25) is 19.4 Å². The van der Waals surface area contributed by atoms with E-state index in [9.17, 15) is 9.59 Å². The first-order valence-corrected chi connectivity index (χ1v) is 10.6. The Morgan fingerprint density at radius 1 is 1.26 bits per heavy atom. The summed E-state index contributed by atoms with van der Waals surface area (Å²) in [5.74, 6) is 1.65. The number of rotatable bonds is 7.